The molecular weight excluding hydrogens is 220 g/mol. The molecule has 0 aromatic carbocycles. The van der Waals surface area contributed by atoms with Gasteiger partial charge in [-0.2, -0.15) is 0 Å². The number of nitrogens with one attached hydrogen (secondary N) is 1. The van der Waals surface area contributed by atoms with Crippen molar-refractivity contribution in [3.05, 3.63) is 28.5 Å². The zero-order chi connectivity index (χ0) is 12.0. The molecule has 1 unspecified atom stereocenters. The highest BCUT2D eigenvalue weighted by Gasteiger charge is 2.12. The van der Waals surface area contributed by atoms with Gasteiger partial charge in [0.1, 0.15) is 0 Å². The lowest BCUT2D eigenvalue weighted by atomic mass is 10.0. The van der Waals surface area contributed by atoms with E-state index in [4.69, 9.17) is 5.73 Å². The van der Waals surface area contributed by atoms with Crippen LogP contribution in [0.25, 0.3) is 6.08 Å². The molecular formula is C12H18N2OS. The fourth-order valence-corrected chi connectivity index (χ4v) is 1.89. The summed E-state index contributed by atoms with van der Waals surface area (Å²) in [6.07, 6.45) is 3.37. The molecule has 1 aromatic rings. The van der Waals surface area contributed by atoms with Crippen LogP contribution < -0.4 is 11.1 Å². The second-order valence-electron chi connectivity index (χ2n) is 3.94. The SMILES string of the molecule is CC(C)C(CN)NC(=O)C=Cc1cccs1. The third kappa shape index (κ3) is 4.16. The minimum atomic E-state index is -0.0856. The Morgan fingerprint density at radius 3 is 2.88 bits per heavy atom. The van der Waals surface area contributed by atoms with Crippen molar-refractivity contribution in [1.29, 1.82) is 0 Å². The van der Waals surface area contributed by atoms with E-state index in [-0.39, 0.29) is 11.9 Å². The van der Waals surface area contributed by atoms with Crippen molar-refractivity contribution in [3.8, 4) is 0 Å². The lowest BCUT2D eigenvalue weighted by Crippen LogP contribution is -2.42. The van der Waals surface area contributed by atoms with Gasteiger partial charge in [-0.25, -0.2) is 0 Å². The second-order valence-corrected chi connectivity index (χ2v) is 4.92. The van der Waals surface area contributed by atoms with Crippen LogP contribution in [-0.2, 0) is 4.79 Å². The molecule has 1 heterocycles. The van der Waals surface area contributed by atoms with E-state index in [0.717, 1.165) is 4.88 Å². The monoisotopic (exact) mass is 238 g/mol. The first-order chi connectivity index (χ1) is 7.63. The van der Waals surface area contributed by atoms with Gasteiger partial charge in [0.2, 0.25) is 5.91 Å². The fourth-order valence-electron chi connectivity index (χ4n) is 1.27. The summed E-state index contributed by atoms with van der Waals surface area (Å²) < 4.78 is 0. The first kappa shape index (κ1) is 12.9. The fraction of sp³-hybridized carbons (Fsp3) is 0.417. The molecule has 1 amide bonds. The van der Waals surface area contributed by atoms with Crippen molar-refractivity contribution in [2.24, 2.45) is 11.7 Å². The van der Waals surface area contributed by atoms with Crippen LogP contribution in [0.1, 0.15) is 18.7 Å². The van der Waals surface area contributed by atoms with Crippen LogP contribution in [0.15, 0.2) is 23.6 Å². The summed E-state index contributed by atoms with van der Waals surface area (Å²) in [7, 11) is 0. The number of hydrogen-bond donors (Lipinski definition) is 2. The molecule has 4 heteroatoms. The van der Waals surface area contributed by atoms with Crippen molar-refractivity contribution >= 4 is 23.3 Å². The number of amides is 1. The molecule has 1 aromatic heterocycles. The van der Waals surface area contributed by atoms with E-state index in [0.29, 0.717) is 12.5 Å². The van der Waals surface area contributed by atoms with Gasteiger partial charge in [0, 0.05) is 23.5 Å². The van der Waals surface area contributed by atoms with Gasteiger partial charge in [0.05, 0.1) is 0 Å². The highest BCUT2D eigenvalue weighted by Crippen LogP contribution is 2.10. The number of nitrogens with two attached hydrogens (primary N) is 1. The maximum atomic E-state index is 11.6. The molecule has 0 bridgehead atoms. The molecule has 0 saturated heterocycles. The predicted octanol–water partition coefficient (Wildman–Crippen LogP) is 1.86. The topological polar surface area (TPSA) is 55.1 Å². The Hall–Kier alpha value is -1.13. The molecule has 0 spiro atoms. The lowest BCUT2D eigenvalue weighted by Gasteiger charge is -2.19. The van der Waals surface area contributed by atoms with Crippen molar-refractivity contribution in [2.45, 2.75) is 19.9 Å². The van der Waals surface area contributed by atoms with E-state index in [1.165, 1.54) is 0 Å². The Kier molecular flexibility index (Phi) is 5.22. The second kappa shape index (κ2) is 6.45. The van der Waals surface area contributed by atoms with Gasteiger partial charge >= 0.3 is 0 Å². The Labute approximate surface area is 100 Å². The molecule has 88 valence electrons. The zero-order valence-electron chi connectivity index (χ0n) is 9.64. The molecule has 1 rings (SSSR count). The van der Waals surface area contributed by atoms with Crippen LogP contribution >= 0.6 is 11.3 Å². The van der Waals surface area contributed by atoms with E-state index < -0.39 is 0 Å². The summed E-state index contributed by atoms with van der Waals surface area (Å²) >= 11 is 1.60. The summed E-state index contributed by atoms with van der Waals surface area (Å²) in [5.74, 6) is 0.265. The van der Waals surface area contributed by atoms with Crippen molar-refractivity contribution in [3.63, 3.8) is 0 Å². The lowest BCUT2D eigenvalue weighted by molar-refractivity contribution is -0.117. The van der Waals surface area contributed by atoms with Crippen LogP contribution in [0.3, 0.4) is 0 Å². The summed E-state index contributed by atoms with van der Waals surface area (Å²) in [5, 5.41) is 4.86. The average Bonchev–Trinajstić information content (AvgIpc) is 2.75. The third-order valence-corrected chi connectivity index (χ3v) is 3.17. The molecule has 0 saturated carbocycles. The zero-order valence-corrected chi connectivity index (χ0v) is 10.5. The minimum Gasteiger partial charge on any atom is -0.348 e. The van der Waals surface area contributed by atoms with Gasteiger partial charge in [-0.05, 0) is 23.4 Å². The molecule has 1 atom stereocenters. The number of hydrogen-bond acceptors (Lipinski definition) is 3. The number of rotatable bonds is 5. The van der Waals surface area contributed by atoms with Gasteiger partial charge in [0.15, 0.2) is 0 Å². The van der Waals surface area contributed by atoms with Gasteiger partial charge in [-0.3, -0.25) is 4.79 Å². The first-order valence-corrected chi connectivity index (χ1v) is 6.23. The third-order valence-electron chi connectivity index (χ3n) is 2.33. The van der Waals surface area contributed by atoms with Crippen LogP contribution in [0, 0.1) is 5.92 Å². The smallest absolute Gasteiger partial charge is 0.244 e. The normalized spacial score (nSPS) is 13.2. The van der Waals surface area contributed by atoms with Gasteiger partial charge < -0.3 is 11.1 Å². The van der Waals surface area contributed by atoms with Crippen molar-refractivity contribution in [1.82, 2.24) is 5.32 Å². The van der Waals surface area contributed by atoms with E-state index in [9.17, 15) is 4.79 Å². The Balaban J connectivity index is 2.47. The van der Waals surface area contributed by atoms with E-state index in [1.807, 2.05) is 37.4 Å². The van der Waals surface area contributed by atoms with Crippen LogP contribution in [0.5, 0.6) is 0 Å². The average molecular weight is 238 g/mol. The molecule has 0 aliphatic carbocycles. The maximum Gasteiger partial charge on any atom is 0.244 e. The van der Waals surface area contributed by atoms with E-state index in [2.05, 4.69) is 5.32 Å². The highest BCUT2D eigenvalue weighted by atomic mass is 32.1. The van der Waals surface area contributed by atoms with Gasteiger partial charge in [-0.15, -0.1) is 11.3 Å². The number of carbonyl (C=O) groups excluding carboxylic acids is 1. The van der Waals surface area contributed by atoms with Gasteiger partial charge in [-0.1, -0.05) is 19.9 Å². The summed E-state index contributed by atoms with van der Waals surface area (Å²) in [5.41, 5.74) is 5.58. The molecule has 3 N–H and O–H groups in total. The predicted molar refractivity (Wildman–Crippen MR) is 69.2 cm³/mol. The minimum absolute atomic E-state index is 0.0421. The molecule has 0 radical (unpaired) electrons. The summed E-state index contributed by atoms with van der Waals surface area (Å²) in [4.78, 5) is 12.6. The molecule has 0 fully saturated rings. The highest BCUT2D eigenvalue weighted by molar-refractivity contribution is 7.10. The quantitative estimate of drug-likeness (QED) is 0.769. The van der Waals surface area contributed by atoms with Crippen LogP contribution in [0.2, 0.25) is 0 Å². The van der Waals surface area contributed by atoms with Crippen LogP contribution in [-0.4, -0.2) is 18.5 Å². The maximum absolute atomic E-state index is 11.6. The Morgan fingerprint density at radius 2 is 2.38 bits per heavy atom. The molecule has 3 nitrogen and oxygen atoms in total. The number of thiophene rings is 1. The Morgan fingerprint density at radius 1 is 1.62 bits per heavy atom. The van der Waals surface area contributed by atoms with Crippen LogP contribution in [0.4, 0.5) is 0 Å². The van der Waals surface area contributed by atoms with Crippen molar-refractivity contribution in [2.75, 3.05) is 6.54 Å². The summed E-state index contributed by atoms with van der Waals surface area (Å²) in [6, 6.07) is 3.97. The Bertz CT molecular complexity index is 344. The van der Waals surface area contributed by atoms with E-state index in [1.54, 1.807) is 17.4 Å². The largest absolute Gasteiger partial charge is 0.348 e. The van der Waals surface area contributed by atoms with Crippen molar-refractivity contribution < 1.29 is 4.79 Å². The number of carbonyl (C=O) groups is 1. The van der Waals surface area contributed by atoms with Gasteiger partial charge in [0.25, 0.3) is 0 Å². The molecule has 0 aliphatic heterocycles. The molecule has 16 heavy (non-hydrogen) atoms. The first-order valence-electron chi connectivity index (χ1n) is 5.35. The molecule has 0 aliphatic rings. The standard InChI is InChI=1S/C12H18N2OS/c1-9(2)11(8-13)14-12(15)6-5-10-4-3-7-16-10/h3-7,9,11H,8,13H2,1-2H3,(H,14,15). The summed E-state index contributed by atoms with van der Waals surface area (Å²) in [6.45, 7) is 4.55. The van der Waals surface area contributed by atoms with E-state index >= 15 is 0 Å².